The molecule has 150 valence electrons. The van der Waals surface area contributed by atoms with Crippen LogP contribution in [0.1, 0.15) is 18.9 Å². The van der Waals surface area contributed by atoms with E-state index in [1.54, 1.807) is 31.2 Å². The lowest BCUT2D eigenvalue weighted by Crippen LogP contribution is -2.29. The molecule has 0 aliphatic heterocycles. The van der Waals surface area contributed by atoms with Gasteiger partial charge in [-0.25, -0.2) is 9.59 Å². The van der Waals surface area contributed by atoms with Crippen LogP contribution in [0.25, 0.3) is 0 Å². The molecule has 3 amide bonds. The molecule has 0 saturated heterocycles. The van der Waals surface area contributed by atoms with Crippen LogP contribution in [0.2, 0.25) is 0 Å². The van der Waals surface area contributed by atoms with E-state index in [-0.39, 0.29) is 6.03 Å². The minimum absolute atomic E-state index is 0.256. The van der Waals surface area contributed by atoms with Crippen LogP contribution in [0.3, 0.4) is 0 Å². The molecule has 0 saturated carbocycles. The van der Waals surface area contributed by atoms with Crippen LogP contribution in [0.5, 0.6) is 0 Å². The molecule has 2 aromatic rings. The van der Waals surface area contributed by atoms with Gasteiger partial charge in [0.1, 0.15) is 0 Å². The van der Waals surface area contributed by atoms with E-state index in [1.165, 1.54) is 11.3 Å². The van der Waals surface area contributed by atoms with Gasteiger partial charge in [0.25, 0.3) is 0 Å². The summed E-state index contributed by atoms with van der Waals surface area (Å²) in [6, 6.07) is 15.0. The van der Waals surface area contributed by atoms with E-state index in [9.17, 15) is 9.59 Å². The normalized spacial score (nSPS) is 10.1. The summed E-state index contributed by atoms with van der Waals surface area (Å²) in [5.74, 6) is 0. The number of rotatable bonds is 8. The van der Waals surface area contributed by atoms with Gasteiger partial charge in [-0.2, -0.15) is 0 Å². The number of benzene rings is 2. The third-order valence-corrected chi connectivity index (χ3v) is 4.05. The standard InChI is InChI=1S/C21H28N4O3/c1-4-28-21(27)24-18-11-9-17(10-12-18)23-20(26)22-15-5-6-16-7-13-19(14-8-16)25(2)3/h7-14H,4-6,15H2,1-3H3,(H,24,27)(H2,22,23,26). The highest BCUT2D eigenvalue weighted by Gasteiger charge is 2.04. The van der Waals surface area contributed by atoms with Crippen molar-refractivity contribution in [2.45, 2.75) is 19.8 Å². The molecule has 0 fully saturated rings. The third-order valence-electron chi connectivity index (χ3n) is 4.05. The van der Waals surface area contributed by atoms with Crippen LogP contribution >= 0.6 is 0 Å². The summed E-state index contributed by atoms with van der Waals surface area (Å²) < 4.78 is 4.81. The molecule has 7 nitrogen and oxygen atoms in total. The smallest absolute Gasteiger partial charge is 0.411 e. The minimum Gasteiger partial charge on any atom is -0.450 e. The second-order valence-corrected chi connectivity index (χ2v) is 6.47. The lowest BCUT2D eigenvalue weighted by atomic mass is 10.1. The Hall–Kier alpha value is -3.22. The highest BCUT2D eigenvalue weighted by Crippen LogP contribution is 2.14. The van der Waals surface area contributed by atoms with Crippen molar-refractivity contribution in [3.05, 3.63) is 54.1 Å². The molecule has 0 bridgehead atoms. The molecule has 2 rings (SSSR count). The first kappa shape index (κ1) is 21.1. The average molecular weight is 384 g/mol. The number of carbonyl (C=O) groups is 2. The van der Waals surface area contributed by atoms with Crippen LogP contribution in [0, 0.1) is 0 Å². The van der Waals surface area contributed by atoms with Gasteiger partial charge in [0.2, 0.25) is 0 Å². The zero-order valence-electron chi connectivity index (χ0n) is 16.6. The Balaban J connectivity index is 1.68. The number of carbonyl (C=O) groups excluding carboxylic acids is 2. The Bertz CT molecular complexity index is 758. The number of ether oxygens (including phenoxy) is 1. The Kier molecular flexibility index (Phi) is 8.14. The molecule has 3 N–H and O–H groups in total. The van der Waals surface area contributed by atoms with Crippen molar-refractivity contribution in [3.63, 3.8) is 0 Å². The molecule has 0 spiro atoms. The van der Waals surface area contributed by atoms with E-state index < -0.39 is 6.09 Å². The zero-order valence-corrected chi connectivity index (χ0v) is 16.6. The maximum Gasteiger partial charge on any atom is 0.411 e. The summed E-state index contributed by atoms with van der Waals surface area (Å²) in [5.41, 5.74) is 3.66. The second kappa shape index (κ2) is 10.8. The lowest BCUT2D eigenvalue weighted by molar-refractivity contribution is 0.168. The molecule has 0 aromatic heterocycles. The lowest BCUT2D eigenvalue weighted by Gasteiger charge is -2.12. The van der Waals surface area contributed by atoms with Crippen molar-refractivity contribution >= 4 is 29.2 Å². The maximum absolute atomic E-state index is 12.0. The van der Waals surface area contributed by atoms with Crippen molar-refractivity contribution in [1.82, 2.24) is 5.32 Å². The number of nitrogens with zero attached hydrogens (tertiary/aromatic N) is 1. The van der Waals surface area contributed by atoms with Crippen LogP contribution in [-0.4, -0.2) is 39.4 Å². The molecule has 0 aliphatic rings. The molecule has 0 atom stereocenters. The molecular weight excluding hydrogens is 356 g/mol. The molecule has 2 aromatic carbocycles. The van der Waals surface area contributed by atoms with E-state index in [1.807, 2.05) is 14.1 Å². The van der Waals surface area contributed by atoms with Crippen LogP contribution in [-0.2, 0) is 11.2 Å². The molecule has 0 heterocycles. The summed E-state index contributed by atoms with van der Waals surface area (Å²) in [6.07, 6.45) is 1.26. The van der Waals surface area contributed by atoms with Gasteiger partial charge in [0.15, 0.2) is 0 Å². The number of anilines is 3. The third kappa shape index (κ3) is 7.19. The summed E-state index contributed by atoms with van der Waals surface area (Å²) in [5, 5.41) is 8.21. The Morgan fingerprint density at radius 1 is 0.929 bits per heavy atom. The van der Waals surface area contributed by atoms with E-state index in [2.05, 4.69) is 45.1 Å². The van der Waals surface area contributed by atoms with Crippen molar-refractivity contribution in [3.8, 4) is 0 Å². The number of hydrogen-bond acceptors (Lipinski definition) is 4. The van der Waals surface area contributed by atoms with E-state index in [4.69, 9.17) is 4.74 Å². The van der Waals surface area contributed by atoms with Gasteiger partial charge in [-0.05, 0) is 61.7 Å². The summed E-state index contributed by atoms with van der Waals surface area (Å²) in [7, 11) is 4.03. The summed E-state index contributed by atoms with van der Waals surface area (Å²) in [6.45, 7) is 2.64. The van der Waals surface area contributed by atoms with E-state index in [0.717, 1.165) is 12.8 Å². The van der Waals surface area contributed by atoms with E-state index in [0.29, 0.717) is 24.5 Å². The fraction of sp³-hybridized carbons (Fsp3) is 0.333. The van der Waals surface area contributed by atoms with Gasteiger partial charge >= 0.3 is 12.1 Å². The van der Waals surface area contributed by atoms with Gasteiger partial charge in [0.05, 0.1) is 6.61 Å². The van der Waals surface area contributed by atoms with Gasteiger partial charge in [-0.1, -0.05) is 12.1 Å². The fourth-order valence-corrected chi connectivity index (χ4v) is 2.55. The first-order valence-electron chi connectivity index (χ1n) is 9.33. The van der Waals surface area contributed by atoms with E-state index >= 15 is 0 Å². The Morgan fingerprint density at radius 2 is 1.54 bits per heavy atom. The number of hydrogen-bond donors (Lipinski definition) is 3. The van der Waals surface area contributed by atoms with Crippen LogP contribution in [0.4, 0.5) is 26.7 Å². The SMILES string of the molecule is CCOC(=O)Nc1ccc(NC(=O)NCCCc2ccc(N(C)C)cc2)cc1. The predicted octanol–water partition coefficient (Wildman–Crippen LogP) is 4.08. The molecule has 7 heteroatoms. The number of amides is 3. The highest BCUT2D eigenvalue weighted by atomic mass is 16.5. The molecule has 0 aliphatic carbocycles. The van der Waals surface area contributed by atoms with Crippen molar-refractivity contribution in [1.29, 1.82) is 0 Å². The van der Waals surface area contributed by atoms with Crippen LogP contribution in [0.15, 0.2) is 48.5 Å². The largest absolute Gasteiger partial charge is 0.450 e. The first-order valence-corrected chi connectivity index (χ1v) is 9.33. The maximum atomic E-state index is 12.0. The number of nitrogens with one attached hydrogen (secondary N) is 3. The highest BCUT2D eigenvalue weighted by molar-refractivity contribution is 5.90. The fourth-order valence-electron chi connectivity index (χ4n) is 2.55. The van der Waals surface area contributed by atoms with Gasteiger partial charge < -0.3 is 20.3 Å². The topological polar surface area (TPSA) is 82.7 Å². The quantitative estimate of drug-likeness (QED) is 0.599. The second-order valence-electron chi connectivity index (χ2n) is 6.47. The van der Waals surface area contributed by atoms with Crippen molar-refractivity contribution in [2.24, 2.45) is 0 Å². The number of aryl methyl sites for hydroxylation is 1. The Morgan fingerprint density at radius 3 is 2.11 bits per heavy atom. The van der Waals surface area contributed by atoms with Gasteiger partial charge in [-0.15, -0.1) is 0 Å². The van der Waals surface area contributed by atoms with Gasteiger partial charge in [-0.3, -0.25) is 5.32 Å². The van der Waals surface area contributed by atoms with Crippen molar-refractivity contribution < 1.29 is 14.3 Å². The first-order chi connectivity index (χ1) is 13.5. The Labute approximate surface area is 166 Å². The summed E-state index contributed by atoms with van der Waals surface area (Å²) in [4.78, 5) is 25.4. The minimum atomic E-state index is -0.502. The molecule has 28 heavy (non-hydrogen) atoms. The van der Waals surface area contributed by atoms with Crippen LogP contribution < -0.4 is 20.9 Å². The monoisotopic (exact) mass is 384 g/mol. The van der Waals surface area contributed by atoms with Gasteiger partial charge in [0, 0.05) is 37.7 Å². The number of urea groups is 1. The molecular formula is C21H28N4O3. The zero-order chi connectivity index (χ0) is 20.4. The predicted molar refractivity (Wildman–Crippen MR) is 113 cm³/mol. The van der Waals surface area contributed by atoms with Crippen molar-refractivity contribution in [2.75, 3.05) is 42.8 Å². The summed E-state index contributed by atoms with van der Waals surface area (Å²) >= 11 is 0. The molecule has 0 radical (unpaired) electrons. The average Bonchev–Trinajstić information content (AvgIpc) is 2.67. The molecule has 0 unspecified atom stereocenters.